The first-order chi connectivity index (χ1) is 20.5. The number of amides is 2. The maximum atomic E-state index is 13.5. The van der Waals surface area contributed by atoms with Crippen molar-refractivity contribution >= 4 is 47.0 Å². The van der Waals surface area contributed by atoms with E-state index in [2.05, 4.69) is 25.7 Å². The van der Waals surface area contributed by atoms with Crippen molar-refractivity contribution in [3.05, 3.63) is 53.2 Å². The topological polar surface area (TPSA) is 173 Å². The van der Waals surface area contributed by atoms with E-state index in [4.69, 9.17) is 22.1 Å². The summed E-state index contributed by atoms with van der Waals surface area (Å²) in [5, 5.41) is 10.8. The third kappa shape index (κ3) is 5.96. The largest absolute Gasteiger partial charge is 0.433 e. The first kappa shape index (κ1) is 29.8. The molecule has 1 aliphatic rings. The molecule has 4 heterocycles. The highest BCUT2D eigenvalue weighted by atomic mass is 35.5. The number of anilines is 2. The monoisotopic (exact) mass is 619 g/mol. The Morgan fingerprint density at radius 2 is 1.98 bits per heavy atom. The first-order valence-corrected chi connectivity index (χ1v) is 13.4. The van der Waals surface area contributed by atoms with Crippen molar-refractivity contribution in [3.63, 3.8) is 0 Å². The molecule has 0 radical (unpaired) electrons. The minimum absolute atomic E-state index is 0.0347. The van der Waals surface area contributed by atoms with Crippen LogP contribution in [0.3, 0.4) is 0 Å². The number of carbonyl (C=O) groups excluding carboxylic acids is 3. The van der Waals surface area contributed by atoms with Crippen molar-refractivity contribution in [2.75, 3.05) is 18.4 Å². The van der Waals surface area contributed by atoms with Gasteiger partial charge in [-0.15, -0.1) is 0 Å². The van der Waals surface area contributed by atoms with Crippen molar-refractivity contribution in [2.45, 2.75) is 38.0 Å². The lowest BCUT2D eigenvalue weighted by Gasteiger charge is -2.32. The zero-order chi connectivity index (χ0) is 30.9. The number of ether oxygens (including phenoxy) is 1. The van der Waals surface area contributed by atoms with E-state index in [9.17, 15) is 27.6 Å². The second-order valence-corrected chi connectivity index (χ2v) is 10.1. The lowest BCUT2D eigenvalue weighted by Crippen LogP contribution is -2.50. The number of imidazole rings is 1. The summed E-state index contributed by atoms with van der Waals surface area (Å²) < 4.78 is 46.8. The van der Waals surface area contributed by atoms with Gasteiger partial charge in [0.05, 0.1) is 39.9 Å². The molecule has 1 fully saturated rings. The molecule has 0 unspecified atom stereocenters. The Bertz CT molecular complexity index is 1680. The second kappa shape index (κ2) is 11.9. The molecule has 4 aromatic rings. The van der Waals surface area contributed by atoms with E-state index in [-0.39, 0.29) is 63.2 Å². The molecule has 1 aliphatic heterocycles. The molecule has 5 rings (SSSR count). The number of halogens is 4. The summed E-state index contributed by atoms with van der Waals surface area (Å²) >= 11 is 6.48. The highest BCUT2D eigenvalue weighted by molar-refractivity contribution is 6.36. The SMILES string of the molecule is C[C@H](NC(=O)c1ccc(Nc2nccn3c(-c4cn[nH]c4C(F)(F)F)cnc23)c(OC=O)c1Cl)C(=O)N1CCC(N)CC1. The van der Waals surface area contributed by atoms with E-state index in [0.29, 0.717) is 25.9 Å². The van der Waals surface area contributed by atoms with Crippen LogP contribution in [-0.4, -0.2) is 72.9 Å². The van der Waals surface area contributed by atoms with Gasteiger partial charge < -0.3 is 26.0 Å². The molecular formula is C26H25ClF3N9O4. The molecule has 3 aromatic heterocycles. The normalized spacial score (nSPS) is 14.9. The summed E-state index contributed by atoms with van der Waals surface area (Å²) in [6, 6.07) is 1.92. The molecule has 1 atom stereocenters. The van der Waals surface area contributed by atoms with E-state index >= 15 is 0 Å². The number of hydrogen-bond donors (Lipinski definition) is 4. The number of alkyl halides is 3. The molecule has 17 heteroatoms. The standard InChI is InChI=1S/C26H25ClF3N9O4/c1-13(25(42)38-7-4-14(31)5-8-38)35-24(41)15-2-3-17(20(19(15)27)43-12-40)36-22-23-33-11-18(39(23)9-6-32-22)16-10-34-37-21(16)26(28,29)30/h2-3,6,9-14H,4-5,7-8,31H2,1H3,(H,32,36)(H,34,37)(H,35,41)/t13-/m0/s1. The van der Waals surface area contributed by atoms with Crippen LogP contribution >= 0.6 is 11.6 Å². The maximum Gasteiger partial charge on any atom is 0.433 e. The molecule has 2 amide bonds. The van der Waals surface area contributed by atoms with Crippen LogP contribution in [0.4, 0.5) is 24.7 Å². The van der Waals surface area contributed by atoms with Gasteiger partial charge in [0.2, 0.25) is 5.91 Å². The number of H-pyrrole nitrogens is 1. The predicted octanol–water partition coefficient (Wildman–Crippen LogP) is 3.14. The average Bonchev–Trinajstić information content (AvgIpc) is 3.63. The van der Waals surface area contributed by atoms with Crippen LogP contribution in [0.5, 0.6) is 5.75 Å². The molecule has 0 aliphatic carbocycles. The first-order valence-electron chi connectivity index (χ1n) is 13.0. The second-order valence-electron chi connectivity index (χ2n) is 9.77. The average molecular weight is 620 g/mol. The molecular weight excluding hydrogens is 595 g/mol. The number of nitrogens with one attached hydrogen (secondary N) is 3. The Balaban J connectivity index is 1.40. The summed E-state index contributed by atoms with van der Waals surface area (Å²) in [7, 11) is 0. The molecule has 5 N–H and O–H groups in total. The highest BCUT2D eigenvalue weighted by Gasteiger charge is 2.37. The quantitative estimate of drug-likeness (QED) is 0.216. The molecule has 1 aromatic carbocycles. The van der Waals surface area contributed by atoms with Crippen LogP contribution in [0, 0.1) is 0 Å². The number of benzene rings is 1. The minimum Gasteiger partial charge on any atom is -0.425 e. The molecule has 13 nitrogen and oxygen atoms in total. The third-order valence-electron chi connectivity index (χ3n) is 6.96. The van der Waals surface area contributed by atoms with Crippen LogP contribution in [0.15, 0.2) is 36.9 Å². The number of nitrogens with zero attached hydrogens (tertiary/aromatic N) is 5. The van der Waals surface area contributed by atoms with Gasteiger partial charge in [-0.25, -0.2) is 9.97 Å². The third-order valence-corrected chi connectivity index (χ3v) is 7.33. The van der Waals surface area contributed by atoms with Crippen molar-refractivity contribution < 1.29 is 32.3 Å². The summed E-state index contributed by atoms with van der Waals surface area (Å²) in [5.74, 6) is -1.09. The molecule has 43 heavy (non-hydrogen) atoms. The fourth-order valence-corrected chi connectivity index (χ4v) is 5.05. The number of fused-ring (bicyclic) bond motifs is 1. The van der Waals surface area contributed by atoms with Gasteiger partial charge in [-0.2, -0.15) is 18.3 Å². The van der Waals surface area contributed by atoms with Crippen LogP contribution < -0.4 is 21.1 Å². The van der Waals surface area contributed by atoms with Crippen LogP contribution in [0.1, 0.15) is 35.8 Å². The molecule has 0 bridgehead atoms. The number of rotatable bonds is 8. The number of piperidine rings is 1. The van der Waals surface area contributed by atoms with E-state index < -0.39 is 23.8 Å². The lowest BCUT2D eigenvalue weighted by atomic mass is 10.1. The zero-order valence-electron chi connectivity index (χ0n) is 22.5. The van der Waals surface area contributed by atoms with E-state index in [1.807, 2.05) is 5.10 Å². The van der Waals surface area contributed by atoms with Crippen LogP contribution in [0.25, 0.3) is 16.9 Å². The van der Waals surface area contributed by atoms with E-state index in [0.717, 1.165) is 6.20 Å². The van der Waals surface area contributed by atoms with Gasteiger partial charge >= 0.3 is 6.18 Å². The maximum absolute atomic E-state index is 13.5. The van der Waals surface area contributed by atoms with Gasteiger partial charge in [-0.3, -0.25) is 23.9 Å². The van der Waals surface area contributed by atoms with Crippen molar-refractivity contribution in [2.24, 2.45) is 5.73 Å². The predicted molar refractivity (Wildman–Crippen MR) is 148 cm³/mol. The van der Waals surface area contributed by atoms with Gasteiger partial charge in [0, 0.05) is 31.5 Å². The fraction of sp³-hybridized carbons (Fsp3) is 0.308. The van der Waals surface area contributed by atoms with Gasteiger partial charge in [0.1, 0.15) is 11.7 Å². The number of nitrogens with two attached hydrogens (primary N) is 1. The Morgan fingerprint density at radius 3 is 2.67 bits per heavy atom. The van der Waals surface area contributed by atoms with Gasteiger partial charge in [-0.1, -0.05) is 11.6 Å². The molecule has 226 valence electrons. The van der Waals surface area contributed by atoms with Gasteiger partial charge in [-0.05, 0) is 31.9 Å². The minimum atomic E-state index is -4.68. The number of aromatic amines is 1. The summed E-state index contributed by atoms with van der Waals surface area (Å²) in [6.07, 6.45) is 1.66. The number of hydrogen-bond acceptors (Lipinski definition) is 9. The number of aromatic nitrogens is 5. The van der Waals surface area contributed by atoms with Crippen LogP contribution in [0.2, 0.25) is 5.02 Å². The number of likely N-dealkylation sites (tertiary alicyclic amines) is 1. The zero-order valence-corrected chi connectivity index (χ0v) is 23.2. The van der Waals surface area contributed by atoms with Crippen molar-refractivity contribution in [3.8, 4) is 17.0 Å². The Kier molecular flexibility index (Phi) is 8.23. The number of carbonyl (C=O) groups is 3. The van der Waals surface area contributed by atoms with Crippen molar-refractivity contribution in [1.82, 2.24) is 34.8 Å². The molecule has 1 saturated heterocycles. The Morgan fingerprint density at radius 1 is 1.23 bits per heavy atom. The van der Waals surface area contributed by atoms with E-state index in [1.165, 1.54) is 35.1 Å². The lowest BCUT2D eigenvalue weighted by molar-refractivity contribution is -0.140. The van der Waals surface area contributed by atoms with E-state index in [1.54, 1.807) is 11.8 Å². The van der Waals surface area contributed by atoms with Gasteiger partial charge in [0.25, 0.3) is 12.4 Å². The van der Waals surface area contributed by atoms with Gasteiger partial charge in [0.15, 0.2) is 17.2 Å². The summed E-state index contributed by atoms with van der Waals surface area (Å²) in [4.78, 5) is 47.3. The summed E-state index contributed by atoms with van der Waals surface area (Å²) in [5.41, 5.74) is 4.89. The molecule has 0 spiro atoms. The Hall–Kier alpha value is -4.70. The fourth-order valence-electron chi connectivity index (χ4n) is 4.75. The smallest absolute Gasteiger partial charge is 0.425 e. The summed E-state index contributed by atoms with van der Waals surface area (Å²) in [6.45, 7) is 2.64. The molecule has 0 saturated carbocycles. The van der Waals surface area contributed by atoms with Crippen molar-refractivity contribution in [1.29, 1.82) is 0 Å². The highest BCUT2D eigenvalue weighted by Crippen LogP contribution is 2.39. The van der Waals surface area contributed by atoms with Crippen LogP contribution in [-0.2, 0) is 15.8 Å². The Labute approximate surface area is 246 Å².